The summed E-state index contributed by atoms with van der Waals surface area (Å²) < 4.78 is 20.8. The Morgan fingerprint density at radius 1 is 1.29 bits per heavy atom. The van der Waals surface area contributed by atoms with Gasteiger partial charge in [-0.25, -0.2) is 9.37 Å². The van der Waals surface area contributed by atoms with Crippen LogP contribution in [0.15, 0.2) is 23.0 Å². The van der Waals surface area contributed by atoms with Gasteiger partial charge in [0.05, 0.1) is 13.2 Å². The van der Waals surface area contributed by atoms with Crippen LogP contribution in [0.3, 0.4) is 0 Å². The van der Waals surface area contributed by atoms with Crippen LogP contribution in [0.2, 0.25) is 0 Å². The van der Waals surface area contributed by atoms with E-state index in [2.05, 4.69) is 15.6 Å². The van der Waals surface area contributed by atoms with Crippen molar-refractivity contribution in [2.75, 3.05) is 13.7 Å². The van der Waals surface area contributed by atoms with Crippen LogP contribution < -0.4 is 16.2 Å². The molecule has 31 heavy (non-hydrogen) atoms. The van der Waals surface area contributed by atoms with Crippen LogP contribution in [0.5, 0.6) is 5.75 Å². The van der Waals surface area contributed by atoms with Crippen molar-refractivity contribution < 1.29 is 23.8 Å². The van der Waals surface area contributed by atoms with Crippen LogP contribution in [0.4, 0.5) is 4.39 Å². The maximum atomic E-state index is 13.5. The van der Waals surface area contributed by atoms with Gasteiger partial charge in [-0.05, 0) is 30.5 Å². The standard InChI is InChI=1S/C21H25FN4O5/c1-4-21(5-2)20-25-15(16(27)19(30)26(20)8-9-31-21)18(29)24-11-12-6-7-13(22)10-14(12)17(28)23-3/h6-7,10,27H,4-5,8-9,11H2,1-3H3,(H,23,28)(H,24,29). The van der Waals surface area contributed by atoms with Crippen molar-refractivity contribution in [2.45, 2.75) is 45.4 Å². The van der Waals surface area contributed by atoms with Gasteiger partial charge in [0, 0.05) is 19.2 Å². The predicted molar refractivity (Wildman–Crippen MR) is 109 cm³/mol. The number of halogens is 1. The molecule has 0 unspecified atom stereocenters. The number of nitrogens with zero attached hydrogens (tertiary/aromatic N) is 2. The summed E-state index contributed by atoms with van der Waals surface area (Å²) >= 11 is 0. The molecule has 0 fully saturated rings. The van der Waals surface area contributed by atoms with Crippen LogP contribution in [0.25, 0.3) is 0 Å². The molecular formula is C21H25FN4O5. The molecule has 0 atom stereocenters. The topological polar surface area (TPSA) is 123 Å². The molecule has 1 aromatic carbocycles. The molecule has 0 saturated heterocycles. The number of hydrogen-bond donors (Lipinski definition) is 3. The van der Waals surface area contributed by atoms with E-state index in [1.165, 1.54) is 23.7 Å². The first-order chi connectivity index (χ1) is 14.8. The number of ether oxygens (including phenoxy) is 1. The third-order valence-corrected chi connectivity index (χ3v) is 5.59. The second kappa shape index (κ2) is 8.84. The fourth-order valence-corrected chi connectivity index (χ4v) is 3.73. The molecule has 0 spiro atoms. The largest absolute Gasteiger partial charge is 0.501 e. The van der Waals surface area contributed by atoms with Gasteiger partial charge in [0.25, 0.3) is 17.4 Å². The Kier molecular flexibility index (Phi) is 6.40. The molecule has 1 aliphatic heterocycles. The maximum absolute atomic E-state index is 13.5. The van der Waals surface area contributed by atoms with Gasteiger partial charge in [0.1, 0.15) is 17.2 Å². The number of carbonyl (C=O) groups is 2. The van der Waals surface area contributed by atoms with Crippen molar-refractivity contribution in [1.82, 2.24) is 20.2 Å². The molecular weight excluding hydrogens is 407 g/mol. The summed E-state index contributed by atoms with van der Waals surface area (Å²) in [5.74, 6) is -2.35. The van der Waals surface area contributed by atoms with Crippen molar-refractivity contribution >= 4 is 11.8 Å². The number of nitrogens with one attached hydrogen (secondary N) is 2. The lowest BCUT2D eigenvalue weighted by Crippen LogP contribution is -2.44. The molecule has 2 aromatic rings. The number of hydrogen-bond acceptors (Lipinski definition) is 6. The summed E-state index contributed by atoms with van der Waals surface area (Å²) in [6, 6.07) is 3.61. The minimum absolute atomic E-state index is 0.0647. The molecule has 0 saturated carbocycles. The summed E-state index contributed by atoms with van der Waals surface area (Å²) in [6.45, 7) is 4.18. The lowest BCUT2D eigenvalue weighted by molar-refractivity contribution is -0.0890. The fourth-order valence-electron chi connectivity index (χ4n) is 3.73. The Balaban J connectivity index is 1.95. The van der Waals surface area contributed by atoms with Crippen molar-refractivity contribution in [3.8, 4) is 5.75 Å². The first kappa shape index (κ1) is 22.4. The van der Waals surface area contributed by atoms with Gasteiger partial charge < -0.3 is 20.5 Å². The number of rotatable bonds is 6. The number of aromatic nitrogens is 2. The molecule has 2 heterocycles. The van der Waals surface area contributed by atoms with Crippen LogP contribution in [0.1, 0.15) is 58.9 Å². The Morgan fingerprint density at radius 3 is 2.65 bits per heavy atom. The fraction of sp³-hybridized carbons (Fsp3) is 0.429. The van der Waals surface area contributed by atoms with Crippen molar-refractivity contribution in [3.05, 3.63) is 57.0 Å². The van der Waals surface area contributed by atoms with Crippen molar-refractivity contribution in [2.24, 2.45) is 0 Å². The monoisotopic (exact) mass is 432 g/mol. The van der Waals surface area contributed by atoms with Crippen molar-refractivity contribution in [3.63, 3.8) is 0 Å². The van der Waals surface area contributed by atoms with Crippen LogP contribution in [-0.4, -0.2) is 40.1 Å². The normalized spacial score (nSPS) is 14.6. The summed E-state index contributed by atoms with van der Waals surface area (Å²) in [6.07, 6.45) is 1.07. The van der Waals surface area contributed by atoms with E-state index in [1.54, 1.807) is 0 Å². The zero-order chi connectivity index (χ0) is 22.8. The Morgan fingerprint density at radius 2 is 2.00 bits per heavy atom. The van der Waals surface area contributed by atoms with E-state index in [1.807, 2.05) is 13.8 Å². The number of amides is 2. The van der Waals surface area contributed by atoms with Crippen LogP contribution in [0, 0.1) is 5.82 Å². The molecule has 9 nitrogen and oxygen atoms in total. The summed E-state index contributed by atoms with van der Waals surface area (Å²) in [7, 11) is 1.41. The highest BCUT2D eigenvalue weighted by atomic mass is 19.1. The van der Waals surface area contributed by atoms with E-state index in [9.17, 15) is 23.9 Å². The number of benzene rings is 1. The zero-order valence-corrected chi connectivity index (χ0v) is 17.6. The second-order valence-corrected chi connectivity index (χ2v) is 7.20. The molecule has 3 N–H and O–H groups in total. The van der Waals surface area contributed by atoms with E-state index in [4.69, 9.17) is 4.74 Å². The van der Waals surface area contributed by atoms with E-state index in [0.29, 0.717) is 30.8 Å². The second-order valence-electron chi connectivity index (χ2n) is 7.20. The quantitative estimate of drug-likeness (QED) is 0.635. The lowest BCUT2D eigenvalue weighted by atomic mass is 9.94. The highest BCUT2D eigenvalue weighted by molar-refractivity contribution is 5.96. The zero-order valence-electron chi connectivity index (χ0n) is 17.6. The molecule has 0 aliphatic carbocycles. The average Bonchev–Trinajstić information content (AvgIpc) is 2.79. The van der Waals surface area contributed by atoms with E-state index in [-0.39, 0.29) is 18.7 Å². The third-order valence-electron chi connectivity index (χ3n) is 5.59. The van der Waals surface area contributed by atoms with E-state index < -0.39 is 40.2 Å². The molecule has 0 radical (unpaired) electrons. The SMILES string of the molecule is CCC1(CC)OCCn2c1nc(C(=O)NCc1ccc(F)cc1C(=O)NC)c(O)c2=O. The maximum Gasteiger partial charge on any atom is 0.296 e. The molecule has 0 bridgehead atoms. The highest BCUT2D eigenvalue weighted by Gasteiger charge is 2.39. The molecule has 1 aliphatic rings. The summed E-state index contributed by atoms with van der Waals surface area (Å²) in [5.41, 5.74) is -1.53. The molecule has 10 heteroatoms. The first-order valence-electron chi connectivity index (χ1n) is 10.0. The van der Waals surface area contributed by atoms with Gasteiger partial charge in [0.15, 0.2) is 5.69 Å². The Labute approximate surface area is 178 Å². The van der Waals surface area contributed by atoms with Gasteiger partial charge >= 0.3 is 0 Å². The van der Waals surface area contributed by atoms with Gasteiger partial charge in [-0.2, -0.15) is 0 Å². The van der Waals surface area contributed by atoms with Gasteiger partial charge in [-0.1, -0.05) is 19.9 Å². The minimum atomic E-state index is -0.830. The molecule has 166 valence electrons. The van der Waals surface area contributed by atoms with E-state index >= 15 is 0 Å². The number of fused-ring (bicyclic) bond motifs is 1. The summed E-state index contributed by atoms with van der Waals surface area (Å²) in [4.78, 5) is 41.8. The minimum Gasteiger partial charge on any atom is -0.501 e. The summed E-state index contributed by atoms with van der Waals surface area (Å²) in [5, 5.41) is 15.3. The third kappa shape index (κ3) is 4.02. The molecule has 3 rings (SSSR count). The first-order valence-corrected chi connectivity index (χ1v) is 10.0. The van der Waals surface area contributed by atoms with Crippen LogP contribution in [-0.2, 0) is 23.4 Å². The molecule has 2 amide bonds. The average molecular weight is 432 g/mol. The predicted octanol–water partition coefficient (Wildman–Crippen LogP) is 1.42. The smallest absolute Gasteiger partial charge is 0.296 e. The number of carbonyl (C=O) groups excluding carboxylic acids is 2. The highest BCUT2D eigenvalue weighted by Crippen LogP contribution is 2.34. The number of aromatic hydroxyl groups is 1. The van der Waals surface area contributed by atoms with Crippen molar-refractivity contribution in [1.29, 1.82) is 0 Å². The Bertz CT molecular complexity index is 1080. The van der Waals surface area contributed by atoms with Gasteiger partial charge in [-0.15, -0.1) is 0 Å². The van der Waals surface area contributed by atoms with Crippen LogP contribution >= 0.6 is 0 Å². The lowest BCUT2D eigenvalue weighted by Gasteiger charge is -2.37. The van der Waals surface area contributed by atoms with Gasteiger partial charge in [-0.3, -0.25) is 19.0 Å². The van der Waals surface area contributed by atoms with Gasteiger partial charge in [0.2, 0.25) is 5.75 Å². The molecule has 1 aromatic heterocycles. The van der Waals surface area contributed by atoms with E-state index in [0.717, 1.165) is 6.07 Å². The Hall–Kier alpha value is -3.27.